The molecule has 1 aliphatic heterocycles. The number of nitrogens with zero attached hydrogens (tertiary/aromatic N) is 3. The van der Waals surface area contributed by atoms with Gasteiger partial charge in [-0.2, -0.15) is 4.98 Å². The minimum Gasteiger partial charge on any atom is -0.339 e. The third-order valence-electron chi connectivity index (χ3n) is 4.84. The van der Waals surface area contributed by atoms with Crippen LogP contribution in [0, 0.1) is 0 Å². The fourth-order valence-corrected chi connectivity index (χ4v) is 3.30. The first-order chi connectivity index (χ1) is 12.7. The van der Waals surface area contributed by atoms with E-state index in [4.69, 9.17) is 4.52 Å². The minimum absolute atomic E-state index is 0.0395. The van der Waals surface area contributed by atoms with Gasteiger partial charge in [0.1, 0.15) is 0 Å². The highest BCUT2D eigenvalue weighted by molar-refractivity contribution is 5.79. The summed E-state index contributed by atoms with van der Waals surface area (Å²) in [6.07, 6.45) is 1.44. The monoisotopic (exact) mass is 347 g/mol. The van der Waals surface area contributed by atoms with Gasteiger partial charge in [-0.25, -0.2) is 0 Å². The summed E-state index contributed by atoms with van der Waals surface area (Å²) in [5.74, 6) is 1.21. The van der Waals surface area contributed by atoms with E-state index in [1.807, 2.05) is 35.2 Å². The summed E-state index contributed by atoms with van der Waals surface area (Å²) in [5.41, 5.74) is 3.37. The summed E-state index contributed by atoms with van der Waals surface area (Å²) < 4.78 is 5.44. The van der Waals surface area contributed by atoms with Crippen LogP contribution in [0.25, 0.3) is 11.4 Å². The molecule has 0 N–H and O–H groups in total. The topological polar surface area (TPSA) is 59.2 Å². The summed E-state index contributed by atoms with van der Waals surface area (Å²) in [6.45, 7) is 3.38. The van der Waals surface area contributed by atoms with Crippen molar-refractivity contribution in [1.82, 2.24) is 15.0 Å². The minimum atomic E-state index is -0.0395. The van der Waals surface area contributed by atoms with Gasteiger partial charge < -0.3 is 9.42 Å². The van der Waals surface area contributed by atoms with E-state index < -0.39 is 0 Å². The lowest BCUT2D eigenvalue weighted by Gasteiger charge is -2.16. The zero-order chi connectivity index (χ0) is 17.9. The normalized spacial score (nSPS) is 17.0. The van der Waals surface area contributed by atoms with Gasteiger partial charge in [0.25, 0.3) is 0 Å². The van der Waals surface area contributed by atoms with Crippen molar-refractivity contribution < 1.29 is 9.32 Å². The first-order valence-electron chi connectivity index (χ1n) is 8.97. The number of likely N-dealkylation sites (tertiary alicyclic amines) is 1. The van der Waals surface area contributed by atoms with E-state index in [9.17, 15) is 4.79 Å². The van der Waals surface area contributed by atoms with Gasteiger partial charge >= 0.3 is 0 Å². The number of carbonyl (C=O) groups excluding carboxylic acids is 1. The van der Waals surface area contributed by atoms with Crippen LogP contribution in [0.1, 0.15) is 36.3 Å². The van der Waals surface area contributed by atoms with E-state index in [0.29, 0.717) is 31.2 Å². The van der Waals surface area contributed by atoms with Gasteiger partial charge in [-0.15, -0.1) is 0 Å². The Labute approximate surface area is 152 Å². The second kappa shape index (κ2) is 7.12. The zero-order valence-corrected chi connectivity index (χ0v) is 14.8. The second-order valence-electron chi connectivity index (χ2n) is 6.67. The predicted octanol–water partition coefficient (Wildman–Crippen LogP) is 3.82. The molecule has 5 heteroatoms. The third-order valence-corrected chi connectivity index (χ3v) is 4.84. The molecule has 4 rings (SSSR count). The fourth-order valence-electron chi connectivity index (χ4n) is 3.30. The lowest BCUT2D eigenvalue weighted by Crippen LogP contribution is -2.24. The van der Waals surface area contributed by atoms with Crippen LogP contribution in [0.5, 0.6) is 0 Å². The van der Waals surface area contributed by atoms with Gasteiger partial charge in [0.15, 0.2) is 0 Å². The fraction of sp³-hybridized carbons (Fsp3) is 0.286. The van der Waals surface area contributed by atoms with Crippen LogP contribution >= 0.6 is 0 Å². The Morgan fingerprint density at radius 2 is 1.81 bits per heavy atom. The average molecular weight is 347 g/mol. The second-order valence-corrected chi connectivity index (χ2v) is 6.67. The molecule has 1 atom stereocenters. The molecule has 1 unspecified atom stereocenters. The van der Waals surface area contributed by atoms with Crippen molar-refractivity contribution >= 4 is 5.91 Å². The van der Waals surface area contributed by atoms with E-state index in [0.717, 1.165) is 17.5 Å². The molecule has 0 radical (unpaired) electrons. The zero-order valence-electron chi connectivity index (χ0n) is 14.8. The Hall–Kier alpha value is -2.95. The van der Waals surface area contributed by atoms with E-state index in [1.54, 1.807) is 0 Å². The van der Waals surface area contributed by atoms with Crippen molar-refractivity contribution in [1.29, 1.82) is 0 Å². The number of amides is 1. The molecular formula is C21H21N3O2. The Morgan fingerprint density at radius 1 is 1.08 bits per heavy atom. The molecule has 0 saturated carbocycles. The van der Waals surface area contributed by atoms with Crippen molar-refractivity contribution in [3.05, 3.63) is 71.6 Å². The Balaban J connectivity index is 1.45. The molecule has 1 aromatic heterocycles. The van der Waals surface area contributed by atoms with Crippen LogP contribution in [-0.2, 0) is 17.8 Å². The average Bonchev–Trinajstić information content (AvgIpc) is 3.31. The van der Waals surface area contributed by atoms with Gasteiger partial charge in [-0.1, -0.05) is 66.7 Å². The number of aromatic nitrogens is 2. The smallest absolute Gasteiger partial charge is 0.232 e. The molecule has 3 aromatic rings. The maximum Gasteiger partial charge on any atom is 0.232 e. The Morgan fingerprint density at radius 3 is 2.54 bits per heavy atom. The number of rotatable bonds is 5. The SMILES string of the molecule is CCc1ccc(CN2CC(c3nc(-c4ccccc4)no3)CC2=O)cc1. The molecule has 0 spiro atoms. The lowest BCUT2D eigenvalue weighted by atomic mass is 10.1. The molecule has 0 bridgehead atoms. The van der Waals surface area contributed by atoms with Crippen molar-refractivity contribution in [2.45, 2.75) is 32.2 Å². The molecule has 0 aliphatic carbocycles. The van der Waals surface area contributed by atoms with Crippen LogP contribution in [-0.4, -0.2) is 27.5 Å². The number of benzene rings is 2. The van der Waals surface area contributed by atoms with Gasteiger partial charge in [0, 0.05) is 25.1 Å². The summed E-state index contributed by atoms with van der Waals surface area (Å²) >= 11 is 0. The van der Waals surface area contributed by atoms with E-state index in [-0.39, 0.29) is 11.8 Å². The van der Waals surface area contributed by atoms with Crippen LogP contribution < -0.4 is 0 Å². The first-order valence-corrected chi connectivity index (χ1v) is 8.97. The number of hydrogen-bond donors (Lipinski definition) is 0. The summed E-state index contributed by atoms with van der Waals surface area (Å²) in [7, 11) is 0. The van der Waals surface area contributed by atoms with Gasteiger partial charge in [-0.3, -0.25) is 4.79 Å². The summed E-state index contributed by atoms with van der Waals surface area (Å²) in [5, 5.41) is 4.07. The van der Waals surface area contributed by atoms with Crippen LogP contribution in [0.4, 0.5) is 0 Å². The highest BCUT2D eigenvalue weighted by atomic mass is 16.5. The Kier molecular flexibility index (Phi) is 4.52. The molecule has 2 aromatic carbocycles. The van der Waals surface area contributed by atoms with Crippen molar-refractivity contribution in [3.63, 3.8) is 0 Å². The highest BCUT2D eigenvalue weighted by Gasteiger charge is 2.34. The summed E-state index contributed by atoms with van der Waals surface area (Å²) in [6, 6.07) is 18.2. The maximum absolute atomic E-state index is 12.4. The van der Waals surface area contributed by atoms with E-state index in [1.165, 1.54) is 5.56 Å². The van der Waals surface area contributed by atoms with E-state index >= 15 is 0 Å². The quantitative estimate of drug-likeness (QED) is 0.704. The van der Waals surface area contributed by atoms with Gasteiger partial charge in [0.2, 0.25) is 17.6 Å². The highest BCUT2D eigenvalue weighted by Crippen LogP contribution is 2.29. The summed E-state index contributed by atoms with van der Waals surface area (Å²) in [4.78, 5) is 18.8. The van der Waals surface area contributed by atoms with Crippen molar-refractivity contribution in [2.24, 2.45) is 0 Å². The molecular weight excluding hydrogens is 326 g/mol. The molecule has 26 heavy (non-hydrogen) atoms. The molecule has 5 nitrogen and oxygen atoms in total. The number of aryl methyl sites for hydroxylation is 1. The largest absolute Gasteiger partial charge is 0.339 e. The standard InChI is InChI=1S/C21H21N3O2/c1-2-15-8-10-16(11-9-15)13-24-14-18(12-19(24)25)21-22-20(23-26-21)17-6-4-3-5-7-17/h3-11,18H,2,12-14H2,1H3. The molecule has 1 fully saturated rings. The molecule has 1 amide bonds. The van der Waals surface area contributed by atoms with Crippen LogP contribution in [0.3, 0.4) is 0 Å². The van der Waals surface area contributed by atoms with Gasteiger partial charge in [0.05, 0.1) is 5.92 Å². The number of carbonyl (C=O) groups is 1. The third kappa shape index (κ3) is 3.38. The molecule has 1 saturated heterocycles. The molecule has 2 heterocycles. The van der Waals surface area contributed by atoms with E-state index in [2.05, 4.69) is 41.3 Å². The molecule has 132 valence electrons. The lowest BCUT2D eigenvalue weighted by molar-refractivity contribution is -0.128. The van der Waals surface area contributed by atoms with Gasteiger partial charge in [-0.05, 0) is 17.5 Å². The maximum atomic E-state index is 12.4. The van der Waals surface area contributed by atoms with Crippen molar-refractivity contribution in [3.8, 4) is 11.4 Å². The Bertz CT molecular complexity index is 887. The molecule has 1 aliphatic rings. The first kappa shape index (κ1) is 16.5. The van der Waals surface area contributed by atoms with Crippen LogP contribution in [0.15, 0.2) is 59.1 Å². The predicted molar refractivity (Wildman–Crippen MR) is 98.3 cm³/mol. The number of hydrogen-bond acceptors (Lipinski definition) is 4. The van der Waals surface area contributed by atoms with Crippen molar-refractivity contribution in [2.75, 3.05) is 6.54 Å². The van der Waals surface area contributed by atoms with Crippen LogP contribution in [0.2, 0.25) is 0 Å².